The number of amides is 1. The van der Waals surface area contributed by atoms with Crippen molar-refractivity contribution in [2.45, 2.75) is 19.4 Å². The molecular formula is C14H21FN2O3. The Morgan fingerprint density at radius 2 is 2.25 bits per heavy atom. The zero-order valence-electron chi connectivity index (χ0n) is 11.8. The summed E-state index contributed by atoms with van der Waals surface area (Å²) in [6, 6.07) is 3.81. The lowest BCUT2D eigenvalue weighted by molar-refractivity contribution is -0.123. The summed E-state index contributed by atoms with van der Waals surface area (Å²) in [6.07, 6.45) is 0.729. The Morgan fingerprint density at radius 3 is 2.90 bits per heavy atom. The van der Waals surface area contributed by atoms with Gasteiger partial charge in [0.1, 0.15) is 11.6 Å². The minimum absolute atomic E-state index is 0.170. The molecular weight excluding hydrogens is 263 g/mol. The lowest BCUT2D eigenvalue weighted by Gasteiger charge is -2.14. The van der Waals surface area contributed by atoms with Gasteiger partial charge in [-0.2, -0.15) is 0 Å². The second kappa shape index (κ2) is 8.50. The van der Waals surface area contributed by atoms with Crippen molar-refractivity contribution in [3.05, 3.63) is 29.6 Å². The van der Waals surface area contributed by atoms with Crippen LogP contribution in [0.1, 0.15) is 24.9 Å². The molecule has 0 saturated carbocycles. The molecule has 112 valence electrons. The van der Waals surface area contributed by atoms with Crippen molar-refractivity contribution in [2.75, 3.05) is 26.9 Å². The summed E-state index contributed by atoms with van der Waals surface area (Å²) in [6.45, 7) is 2.69. The Kier molecular flexibility index (Phi) is 6.97. The molecule has 0 radical (unpaired) electrons. The van der Waals surface area contributed by atoms with Crippen LogP contribution in [0.5, 0.6) is 5.75 Å². The van der Waals surface area contributed by atoms with Gasteiger partial charge in [0.05, 0.1) is 0 Å². The maximum atomic E-state index is 13.2. The van der Waals surface area contributed by atoms with Crippen molar-refractivity contribution in [3.63, 3.8) is 0 Å². The Labute approximate surface area is 118 Å². The van der Waals surface area contributed by atoms with Crippen LogP contribution in [0.25, 0.3) is 0 Å². The van der Waals surface area contributed by atoms with Crippen LogP contribution >= 0.6 is 0 Å². The van der Waals surface area contributed by atoms with Crippen molar-refractivity contribution in [2.24, 2.45) is 5.73 Å². The summed E-state index contributed by atoms with van der Waals surface area (Å²) in [5.41, 5.74) is 6.43. The predicted octanol–water partition coefficient (Wildman–Crippen LogP) is 1.38. The van der Waals surface area contributed by atoms with E-state index in [0.717, 1.165) is 6.42 Å². The van der Waals surface area contributed by atoms with E-state index in [-0.39, 0.29) is 18.6 Å². The number of rotatable bonds is 8. The summed E-state index contributed by atoms with van der Waals surface area (Å²) in [4.78, 5) is 11.5. The molecule has 0 bridgehead atoms. The van der Waals surface area contributed by atoms with Gasteiger partial charge in [-0.25, -0.2) is 4.39 Å². The third-order valence-electron chi connectivity index (χ3n) is 2.67. The number of nitrogens with two attached hydrogens (primary N) is 1. The number of hydrogen-bond donors (Lipinski definition) is 2. The van der Waals surface area contributed by atoms with Gasteiger partial charge in [0, 0.05) is 37.9 Å². The van der Waals surface area contributed by atoms with E-state index < -0.39 is 5.82 Å². The quantitative estimate of drug-likeness (QED) is 0.707. The maximum absolute atomic E-state index is 13.2. The summed E-state index contributed by atoms with van der Waals surface area (Å²) in [5.74, 6) is -0.391. The molecule has 0 saturated heterocycles. The van der Waals surface area contributed by atoms with Gasteiger partial charge in [-0.1, -0.05) is 6.07 Å². The van der Waals surface area contributed by atoms with Gasteiger partial charge in [-0.3, -0.25) is 4.79 Å². The molecule has 1 aromatic carbocycles. The van der Waals surface area contributed by atoms with E-state index in [1.54, 1.807) is 20.1 Å². The van der Waals surface area contributed by atoms with Crippen LogP contribution in [0.15, 0.2) is 18.2 Å². The van der Waals surface area contributed by atoms with Crippen molar-refractivity contribution < 1.29 is 18.7 Å². The summed E-state index contributed by atoms with van der Waals surface area (Å²) < 4.78 is 23.4. The number of carbonyl (C=O) groups excluding carboxylic acids is 1. The summed E-state index contributed by atoms with van der Waals surface area (Å²) >= 11 is 0. The molecule has 0 aliphatic carbocycles. The van der Waals surface area contributed by atoms with Gasteiger partial charge >= 0.3 is 0 Å². The number of benzene rings is 1. The van der Waals surface area contributed by atoms with Gasteiger partial charge < -0.3 is 20.5 Å². The monoisotopic (exact) mass is 284 g/mol. The van der Waals surface area contributed by atoms with Crippen molar-refractivity contribution in [1.29, 1.82) is 0 Å². The second-order valence-electron chi connectivity index (χ2n) is 4.46. The molecule has 20 heavy (non-hydrogen) atoms. The maximum Gasteiger partial charge on any atom is 0.257 e. The lowest BCUT2D eigenvalue weighted by Crippen LogP contribution is -2.30. The standard InChI is InChI=1S/C14H21FN2O3/c1-10(16)12-5-4-11(15)8-13(12)20-9-14(18)17-6-3-7-19-2/h4-5,8,10H,3,6-7,9,16H2,1-2H3,(H,17,18). The normalized spacial score (nSPS) is 12.0. The van der Waals surface area contributed by atoms with E-state index >= 15 is 0 Å². The lowest BCUT2D eigenvalue weighted by atomic mass is 10.1. The van der Waals surface area contributed by atoms with Crippen LogP contribution in [0.3, 0.4) is 0 Å². The molecule has 0 spiro atoms. The van der Waals surface area contributed by atoms with Crippen LogP contribution < -0.4 is 15.8 Å². The highest BCUT2D eigenvalue weighted by Crippen LogP contribution is 2.24. The van der Waals surface area contributed by atoms with Gasteiger partial charge in [0.15, 0.2) is 6.61 Å². The van der Waals surface area contributed by atoms with Crippen LogP contribution in [0.2, 0.25) is 0 Å². The highest BCUT2D eigenvalue weighted by atomic mass is 19.1. The number of halogens is 1. The molecule has 0 heterocycles. The van der Waals surface area contributed by atoms with Crippen LogP contribution in [-0.4, -0.2) is 32.8 Å². The van der Waals surface area contributed by atoms with Crippen LogP contribution in [-0.2, 0) is 9.53 Å². The molecule has 1 atom stereocenters. The fraction of sp³-hybridized carbons (Fsp3) is 0.500. The van der Waals surface area contributed by atoms with Gasteiger partial charge in [-0.15, -0.1) is 0 Å². The fourth-order valence-corrected chi connectivity index (χ4v) is 1.65. The molecule has 1 unspecified atom stereocenters. The number of carbonyl (C=O) groups is 1. The zero-order valence-corrected chi connectivity index (χ0v) is 11.8. The Hall–Kier alpha value is -1.66. The largest absolute Gasteiger partial charge is 0.483 e. The van der Waals surface area contributed by atoms with E-state index in [0.29, 0.717) is 24.5 Å². The van der Waals surface area contributed by atoms with Gasteiger partial charge in [0.2, 0.25) is 0 Å². The van der Waals surface area contributed by atoms with E-state index in [1.807, 2.05) is 0 Å². The first-order valence-electron chi connectivity index (χ1n) is 6.48. The van der Waals surface area contributed by atoms with Crippen LogP contribution in [0, 0.1) is 5.82 Å². The van der Waals surface area contributed by atoms with E-state index in [1.165, 1.54) is 12.1 Å². The average molecular weight is 284 g/mol. The molecule has 5 nitrogen and oxygen atoms in total. The Morgan fingerprint density at radius 1 is 1.50 bits per heavy atom. The van der Waals surface area contributed by atoms with Gasteiger partial charge in [-0.05, 0) is 19.4 Å². The highest BCUT2D eigenvalue weighted by Gasteiger charge is 2.11. The molecule has 0 aliphatic heterocycles. The summed E-state index contributed by atoms with van der Waals surface area (Å²) in [7, 11) is 1.60. The smallest absolute Gasteiger partial charge is 0.257 e. The summed E-state index contributed by atoms with van der Waals surface area (Å²) in [5, 5.41) is 2.68. The topological polar surface area (TPSA) is 73.6 Å². The van der Waals surface area contributed by atoms with Crippen molar-refractivity contribution in [1.82, 2.24) is 5.32 Å². The highest BCUT2D eigenvalue weighted by molar-refractivity contribution is 5.77. The number of methoxy groups -OCH3 is 1. The van der Waals surface area contributed by atoms with Crippen molar-refractivity contribution >= 4 is 5.91 Å². The molecule has 3 N–H and O–H groups in total. The van der Waals surface area contributed by atoms with Gasteiger partial charge in [0.25, 0.3) is 5.91 Å². The molecule has 6 heteroatoms. The van der Waals surface area contributed by atoms with E-state index in [9.17, 15) is 9.18 Å². The number of nitrogens with one attached hydrogen (secondary N) is 1. The minimum Gasteiger partial charge on any atom is -0.483 e. The van der Waals surface area contributed by atoms with Crippen molar-refractivity contribution in [3.8, 4) is 5.75 Å². The van der Waals surface area contributed by atoms with E-state index in [4.69, 9.17) is 15.2 Å². The minimum atomic E-state index is -0.426. The fourth-order valence-electron chi connectivity index (χ4n) is 1.65. The first kappa shape index (κ1) is 16.4. The first-order chi connectivity index (χ1) is 9.54. The SMILES string of the molecule is COCCCNC(=O)COc1cc(F)ccc1C(C)N. The molecule has 1 aromatic rings. The molecule has 0 fully saturated rings. The second-order valence-corrected chi connectivity index (χ2v) is 4.46. The molecule has 1 amide bonds. The van der Waals surface area contributed by atoms with E-state index in [2.05, 4.69) is 5.32 Å². The average Bonchev–Trinajstić information content (AvgIpc) is 2.41. The Balaban J connectivity index is 2.48. The number of ether oxygens (including phenoxy) is 2. The Bertz CT molecular complexity index is 438. The molecule has 1 rings (SSSR count). The first-order valence-corrected chi connectivity index (χ1v) is 6.48. The van der Waals surface area contributed by atoms with Crippen LogP contribution in [0.4, 0.5) is 4.39 Å². The third-order valence-corrected chi connectivity index (χ3v) is 2.67. The molecule has 0 aliphatic rings. The molecule has 0 aromatic heterocycles. The zero-order chi connectivity index (χ0) is 15.0. The number of hydrogen-bond acceptors (Lipinski definition) is 4. The predicted molar refractivity (Wildman–Crippen MR) is 74.0 cm³/mol. The third kappa shape index (κ3) is 5.54.